The number of hydrogen-bond acceptors (Lipinski definition) is 4. The highest BCUT2D eigenvalue weighted by molar-refractivity contribution is 5.33. The summed E-state index contributed by atoms with van der Waals surface area (Å²) in [6.45, 7) is 2.56. The molecule has 0 spiro atoms. The summed E-state index contributed by atoms with van der Waals surface area (Å²) >= 11 is 0. The molecule has 84 valence electrons. The van der Waals surface area contributed by atoms with Crippen LogP contribution >= 0.6 is 0 Å². The van der Waals surface area contributed by atoms with E-state index in [9.17, 15) is 4.79 Å². The Morgan fingerprint density at radius 3 is 3.00 bits per heavy atom. The molecule has 0 aliphatic rings. The number of hydrogen-bond donors (Lipinski definition) is 2. The Morgan fingerprint density at radius 1 is 1.67 bits per heavy atom. The molecule has 15 heavy (non-hydrogen) atoms. The molecule has 0 saturated heterocycles. The van der Waals surface area contributed by atoms with E-state index < -0.39 is 0 Å². The number of aromatic nitrogens is 1. The van der Waals surface area contributed by atoms with Gasteiger partial charge in [0.05, 0.1) is 24.9 Å². The van der Waals surface area contributed by atoms with Crippen molar-refractivity contribution in [3.63, 3.8) is 0 Å². The minimum Gasteiger partial charge on any atom is -0.394 e. The van der Waals surface area contributed by atoms with Crippen molar-refractivity contribution >= 4 is 5.69 Å². The van der Waals surface area contributed by atoms with Crippen LogP contribution in [0.15, 0.2) is 23.1 Å². The van der Waals surface area contributed by atoms with Crippen LogP contribution < -0.4 is 11.3 Å². The van der Waals surface area contributed by atoms with Gasteiger partial charge < -0.3 is 20.1 Å². The molecule has 3 N–H and O–H groups in total. The van der Waals surface area contributed by atoms with Crippen LogP contribution in [-0.2, 0) is 4.74 Å². The quantitative estimate of drug-likeness (QED) is 0.720. The lowest BCUT2D eigenvalue weighted by Crippen LogP contribution is -2.30. The molecule has 0 aliphatic carbocycles. The first kappa shape index (κ1) is 11.7. The Morgan fingerprint density at radius 2 is 2.40 bits per heavy atom. The maximum absolute atomic E-state index is 11.6. The maximum atomic E-state index is 11.6. The van der Waals surface area contributed by atoms with Crippen molar-refractivity contribution in [1.29, 1.82) is 0 Å². The third kappa shape index (κ3) is 2.81. The molecule has 1 atom stereocenters. The van der Waals surface area contributed by atoms with Gasteiger partial charge >= 0.3 is 0 Å². The highest BCUT2D eigenvalue weighted by Gasteiger charge is 2.11. The molecular formula is C10H16N2O3. The fourth-order valence-corrected chi connectivity index (χ4v) is 1.29. The second kappa shape index (κ2) is 5.53. The van der Waals surface area contributed by atoms with E-state index in [-0.39, 0.29) is 23.9 Å². The van der Waals surface area contributed by atoms with Gasteiger partial charge in [0, 0.05) is 12.8 Å². The van der Waals surface area contributed by atoms with Crippen LogP contribution in [0.5, 0.6) is 0 Å². The van der Waals surface area contributed by atoms with Gasteiger partial charge in [0.15, 0.2) is 0 Å². The van der Waals surface area contributed by atoms with Crippen LogP contribution in [0.1, 0.15) is 13.0 Å². The molecule has 5 heteroatoms. The van der Waals surface area contributed by atoms with E-state index in [0.29, 0.717) is 13.2 Å². The molecule has 0 radical (unpaired) electrons. The first-order valence-electron chi connectivity index (χ1n) is 4.86. The summed E-state index contributed by atoms with van der Waals surface area (Å²) in [5.41, 5.74) is 5.36. The van der Waals surface area contributed by atoms with E-state index in [4.69, 9.17) is 15.6 Å². The summed E-state index contributed by atoms with van der Waals surface area (Å²) in [7, 11) is 0. The molecule has 1 heterocycles. The number of nitrogens with zero attached hydrogens (tertiary/aromatic N) is 1. The number of rotatable bonds is 5. The molecule has 0 aliphatic heterocycles. The number of aliphatic hydroxyl groups is 1. The highest BCUT2D eigenvalue weighted by Crippen LogP contribution is 2.04. The second-order valence-corrected chi connectivity index (χ2v) is 3.17. The summed E-state index contributed by atoms with van der Waals surface area (Å²) in [5, 5.41) is 9.14. The second-order valence-electron chi connectivity index (χ2n) is 3.17. The zero-order valence-electron chi connectivity index (χ0n) is 8.72. The van der Waals surface area contributed by atoms with Gasteiger partial charge in [-0.2, -0.15) is 0 Å². The standard InChI is InChI=1S/C10H16N2O3/c1-2-15-7-8(6-13)12-5-3-4-9(11)10(12)14/h3-5,8,13H,2,6-7,11H2,1H3. The minimum atomic E-state index is -0.374. The smallest absolute Gasteiger partial charge is 0.274 e. The fraction of sp³-hybridized carbons (Fsp3) is 0.500. The first-order chi connectivity index (χ1) is 7.20. The molecule has 1 aromatic rings. The Kier molecular flexibility index (Phi) is 4.33. The molecule has 1 unspecified atom stereocenters. The number of nitrogens with two attached hydrogens (primary N) is 1. The molecule has 5 nitrogen and oxygen atoms in total. The number of nitrogen functional groups attached to an aromatic ring is 1. The third-order valence-electron chi connectivity index (χ3n) is 2.12. The zero-order valence-corrected chi connectivity index (χ0v) is 8.72. The summed E-state index contributed by atoms with van der Waals surface area (Å²) < 4.78 is 6.57. The van der Waals surface area contributed by atoms with Gasteiger partial charge in [-0.25, -0.2) is 0 Å². The normalized spacial score (nSPS) is 12.7. The molecular weight excluding hydrogens is 196 g/mol. The fourth-order valence-electron chi connectivity index (χ4n) is 1.29. The average molecular weight is 212 g/mol. The minimum absolute atomic E-state index is 0.149. The van der Waals surface area contributed by atoms with Crippen LogP contribution in [0.3, 0.4) is 0 Å². The van der Waals surface area contributed by atoms with Crippen molar-refractivity contribution in [3.05, 3.63) is 28.7 Å². The lowest BCUT2D eigenvalue weighted by molar-refractivity contribution is 0.0839. The zero-order chi connectivity index (χ0) is 11.3. The van der Waals surface area contributed by atoms with Crippen LogP contribution in [0.2, 0.25) is 0 Å². The number of pyridine rings is 1. The van der Waals surface area contributed by atoms with Gasteiger partial charge in [-0.05, 0) is 19.1 Å². The van der Waals surface area contributed by atoms with Gasteiger partial charge in [-0.3, -0.25) is 4.79 Å². The Bertz CT molecular complexity index is 362. The summed E-state index contributed by atoms with van der Waals surface area (Å²) in [6, 6.07) is 2.83. The topological polar surface area (TPSA) is 77.5 Å². The molecule has 1 aromatic heterocycles. The van der Waals surface area contributed by atoms with Crippen LogP contribution in [0.25, 0.3) is 0 Å². The predicted molar refractivity (Wildman–Crippen MR) is 57.7 cm³/mol. The molecule has 0 bridgehead atoms. The maximum Gasteiger partial charge on any atom is 0.274 e. The van der Waals surface area contributed by atoms with Crippen molar-refractivity contribution in [2.75, 3.05) is 25.6 Å². The third-order valence-corrected chi connectivity index (χ3v) is 2.12. The average Bonchev–Trinajstić information content (AvgIpc) is 2.25. The molecule has 0 saturated carbocycles. The van der Waals surface area contributed by atoms with E-state index >= 15 is 0 Å². The number of aliphatic hydroxyl groups excluding tert-OH is 1. The van der Waals surface area contributed by atoms with Gasteiger partial charge in [0.2, 0.25) is 0 Å². The molecule has 0 amide bonds. The molecule has 0 fully saturated rings. The first-order valence-corrected chi connectivity index (χ1v) is 4.86. The summed E-state index contributed by atoms with van der Waals surface area (Å²) in [5.74, 6) is 0. The van der Waals surface area contributed by atoms with E-state index in [1.807, 2.05) is 6.92 Å². The van der Waals surface area contributed by atoms with Crippen molar-refractivity contribution < 1.29 is 9.84 Å². The lowest BCUT2D eigenvalue weighted by Gasteiger charge is -2.17. The largest absolute Gasteiger partial charge is 0.394 e. The van der Waals surface area contributed by atoms with Crippen LogP contribution in [0, 0.1) is 0 Å². The van der Waals surface area contributed by atoms with E-state index in [2.05, 4.69) is 0 Å². The van der Waals surface area contributed by atoms with Crippen molar-refractivity contribution in [2.24, 2.45) is 0 Å². The monoisotopic (exact) mass is 212 g/mol. The number of ether oxygens (including phenoxy) is 1. The SMILES string of the molecule is CCOCC(CO)n1cccc(N)c1=O. The Balaban J connectivity index is 2.91. The van der Waals surface area contributed by atoms with E-state index in [1.165, 1.54) is 10.6 Å². The highest BCUT2D eigenvalue weighted by atomic mass is 16.5. The van der Waals surface area contributed by atoms with Crippen molar-refractivity contribution in [2.45, 2.75) is 13.0 Å². The Hall–Kier alpha value is -1.33. The number of anilines is 1. The Labute approximate surface area is 88.1 Å². The van der Waals surface area contributed by atoms with Gasteiger partial charge in [0.1, 0.15) is 0 Å². The summed E-state index contributed by atoms with van der Waals surface area (Å²) in [6.07, 6.45) is 1.60. The summed E-state index contributed by atoms with van der Waals surface area (Å²) in [4.78, 5) is 11.6. The van der Waals surface area contributed by atoms with Gasteiger partial charge in [-0.1, -0.05) is 0 Å². The van der Waals surface area contributed by atoms with Crippen molar-refractivity contribution in [3.8, 4) is 0 Å². The lowest BCUT2D eigenvalue weighted by atomic mass is 10.3. The van der Waals surface area contributed by atoms with Crippen LogP contribution in [0.4, 0.5) is 5.69 Å². The van der Waals surface area contributed by atoms with Gasteiger partial charge in [-0.15, -0.1) is 0 Å². The van der Waals surface area contributed by atoms with E-state index in [0.717, 1.165) is 0 Å². The molecule has 1 rings (SSSR count). The van der Waals surface area contributed by atoms with E-state index in [1.54, 1.807) is 12.3 Å². The van der Waals surface area contributed by atoms with Crippen molar-refractivity contribution in [1.82, 2.24) is 4.57 Å². The van der Waals surface area contributed by atoms with Crippen LogP contribution in [-0.4, -0.2) is 29.5 Å². The predicted octanol–water partition coefficient (Wildman–Crippen LogP) is 0.000400. The van der Waals surface area contributed by atoms with Gasteiger partial charge in [0.25, 0.3) is 5.56 Å². The molecule has 0 aromatic carbocycles.